The van der Waals surface area contributed by atoms with Crippen molar-refractivity contribution in [2.24, 2.45) is 0 Å². The molecule has 2 aromatic carbocycles. The Morgan fingerprint density at radius 3 is 2.71 bits per heavy atom. The molecular formula is C23H29N3O2. The van der Waals surface area contributed by atoms with Crippen LogP contribution in [0, 0.1) is 0 Å². The molecule has 5 heteroatoms. The average molecular weight is 380 g/mol. The van der Waals surface area contributed by atoms with Gasteiger partial charge < -0.3 is 19.9 Å². The Hall–Kier alpha value is -2.53. The summed E-state index contributed by atoms with van der Waals surface area (Å²) in [5.41, 5.74) is 4.53. The van der Waals surface area contributed by atoms with Gasteiger partial charge in [0, 0.05) is 32.2 Å². The van der Waals surface area contributed by atoms with Crippen molar-refractivity contribution < 1.29 is 9.53 Å². The number of benzene rings is 2. The van der Waals surface area contributed by atoms with Crippen molar-refractivity contribution in [2.45, 2.75) is 37.8 Å². The number of fused-ring (bicyclic) bond motifs is 1. The van der Waals surface area contributed by atoms with Crippen LogP contribution < -0.4 is 19.9 Å². The number of carbonyl (C=O) groups excluding carboxylic acids is 1. The molecule has 2 atom stereocenters. The lowest BCUT2D eigenvalue weighted by Gasteiger charge is -2.41. The molecule has 2 aromatic rings. The van der Waals surface area contributed by atoms with Gasteiger partial charge in [-0.2, -0.15) is 0 Å². The van der Waals surface area contributed by atoms with Crippen LogP contribution in [-0.2, 0) is 11.2 Å². The lowest BCUT2D eigenvalue weighted by Crippen LogP contribution is -2.47. The molecule has 0 spiro atoms. The number of piperidine rings is 1. The fourth-order valence-corrected chi connectivity index (χ4v) is 4.56. The molecule has 0 radical (unpaired) electrons. The average Bonchev–Trinajstić information content (AvgIpc) is 2.75. The first kappa shape index (κ1) is 18.8. The number of amides is 1. The van der Waals surface area contributed by atoms with Crippen LogP contribution in [0.2, 0.25) is 0 Å². The fraction of sp³-hybridized carbons (Fsp3) is 0.435. The summed E-state index contributed by atoms with van der Waals surface area (Å²) in [5, 5.41) is 3.70. The van der Waals surface area contributed by atoms with E-state index in [0.717, 1.165) is 42.9 Å². The van der Waals surface area contributed by atoms with Gasteiger partial charge in [0.25, 0.3) is 0 Å². The lowest BCUT2D eigenvalue weighted by molar-refractivity contribution is -0.118. The number of aryl methyl sites for hydroxylation is 1. The SMILES string of the molecule is COc1cc2c(cc1N(C)[C@H]1CCCN[C@H]1c1ccccc1)N(C)C(=O)CC2. The van der Waals surface area contributed by atoms with Gasteiger partial charge in [-0.25, -0.2) is 0 Å². The van der Waals surface area contributed by atoms with E-state index in [1.54, 1.807) is 12.0 Å². The van der Waals surface area contributed by atoms with E-state index >= 15 is 0 Å². The van der Waals surface area contributed by atoms with E-state index in [4.69, 9.17) is 4.74 Å². The number of anilines is 2. The smallest absolute Gasteiger partial charge is 0.227 e. The quantitative estimate of drug-likeness (QED) is 0.883. The normalized spacial score (nSPS) is 22.0. The molecular weight excluding hydrogens is 350 g/mol. The monoisotopic (exact) mass is 379 g/mol. The van der Waals surface area contributed by atoms with Crippen LogP contribution in [0.5, 0.6) is 5.75 Å². The Balaban J connectivity index is 1.72. The number of hydrogen-bond donors (Lipinski definition) is 1. The van der Waals surface area contributed by atoms with Gasteiger partial charge in [0.2, 0.25) is 5.91 Å². The van der Waals surface area contributed by atoms with Gasteiger partial charge in [0.05, 0.1) is 18.8 Å². The molecule has 1 amide bonds. The predicted molar refractivity (Wildman–Crippen MR) is 113 cm³/mol. The maximum Gasteiger partial charge on any atom is 0.227 e. The molecule has 2 aliphatic heterocycles. The van der Waals surface area contributed by atoms with Gasteiger partial charge in [0.15, 0.2) is 0 Å². The van der Waals surface area contributed by atoms with Crippen molar-refractivity contribution in [2.75, 3.05) is 37.5 Å². The Bertz CT molecular complexity index is 852. The van der Waals surface area contributed by atoms with E-state index in [-0.39, 0.29) is 11.9 Å². The number of nitrogens with zero attached hydrogens (tertiary/aromatic N) is 2. The Morgan fingerprint density at radius 1 is 1.18 bits per heavy atom. The minimum atomic E-state index is 0.174. The fourth-order valence-electron chi connectivity index (χ4n) is 4.56. The number of hydrogen-bond acceptors (Lipinski definition) is 4. The second kappa shape index (κ2) is 7.84. The van der Waals surface area contributed by atoms with Gasteiger partial charge in [-0.1, -0.05) is 30.3 Å². The summed E-state index contributed by atoms with van der Waals surface area (Å²) in [6.07, 6.45) is 3.59. The first-order chi connectivity index (χ1) is 13.6. The summed E-state index contributed by atoms with van der Waals surface area (Å²) in [6, 6.07) is 15.5. The molecule has 0 bridgehead atoms. The zero-order valence-electron chi connectivity index (χ0n) is 16.9. The molecule has 5 nitrogen and oxygen atoms in total. The summed E-state index contributed by atoms with van der Waals surface area (Å²) in [7, 11) is 5.73. The number of rotatable bonds is 4. The molecule has 1 saturated heterocycles. The third-order valence-corrected chi connectivity index (χ3v) is 6.19. The van der Waals surface area contributed by atoms with E-state index in [2.05, 4.69) is 59.7 Å². The third kappa shape index (κ3) is 3.35. The summed E-state index contributed by atoms with van der Waals surface area (Å²) >= 11 is 0. The molecule has 0 unspecified atom stereocenters. The maximum atomic E-state index is 12.2. The lowest BCUT2D eigenvalue weighted by atomic mass is 9.90. The molecule has 4 rings (SSSR count). The van der Waals surface area contributed by atoms with Crippen molar-refractivity contribution in [1.29, 1.82) is 0 Å². The topological polar surface area (TPSA) is 44.8 Å². The van der Waals surface area contributed by atoms with E-state index in [1.807, 2.05) is 7.05 Å². The summed E-state index contributed by atoms with van der Waals surface area (Å²) in [4.78, 5) is 16.3. The van der Waals surface area contributed by atoms with Crippen LogP contribution in [0.1, 0.15) is 36.4 Å². The zero-order valence-corrected chi connectivity index (χ0v) is 16.9. The predicted octanol–water partition coefficient (Wildman–Crippen LogP) is 3.53. The van der Waals surface area contributed by atoms with Gasteiger partial charge in [0.1, 0.15) is 5.75 Å². The number of likely N-dealkylation sites (N-methyl/N-ethyl adjacent to an activating group) is 1. The third-order valence-electron chi connectivity index (χ3n) is 6.19. The van der Waals surface area contributed by atoms with Crippen molar-refractivity contribution in [3.05, 3.63) is 53.6 Å². The van der Waals surface area contributed by atoms with Gasteiger partial charge >= 0.3 is 0 Å². The molecule has 0 aliphatic carbocycles. The number of carbonyl (C=O) groups is 1. The first-order valence-electron chi connectivity index (χ1n) is 10.1. The van der Waals surface area contributed by atoms with Crippen molar-refractivity contribution in [1.82, 2.24) is 5.32 Å². The minimum Gasteiger partial charge on any atom is -0.495 e. The number of ether oxygens (including phenoxy) is 1. The second-order valence-corrected chi connectivity index (χ2v) is 7.77. The summed E-state index contributed by atoms with van der Waals surface area (Å²) in [5.74, 6) is 1.05. The maximum absolute atomic E-state index is 12.2. The van der Waals surface area contributed by atoms with Gasteiger partial charge in [-0.3, -0.25) is 4.79 Å². The molecule has 28 heavy (non-hydrogen) atoms. The second-order valence-electron chi connectivity index (χ2n) is 7.77. The molecule has 1 N–H and O–H groups in total. The molecule has 1 fully saturated rings. The highest BCUT2D eigenvalue weighted by molar-refractivity contribution is 5.97. The Morgan fingerprint density at radius 2 is 1.96 bits per heavy atom. The summed E-state index contributed by atoms with van der Waals surface area (Å²) < 4.78 is 5.76. The minimum absolute atomic E-state index is 0.174. The molecule has 0 saturated carbocycles. The highest BCUT2D eigenvalue weighted by Crippen LogP contribution is 2.40. The van der Waals surface area contributed by atoms with E-state index < -0.39 is 0 Å². The molecule has 2 aliphatic rings. The van der Waals surface area contributed by atoms with E-state index in [0.29, 0.717) is 12.5 Å². The highest BCUT2D eigenvalue weighted by atomic mass is 16.5. The van der Waals surface area contributed by atoms with Crippen LogP contribution in [0.4, 0.5) is 11.4 Å². The Labute approximate surface area is 167 Å². The van der Waals surface area contributed by atoms with Crippen LogP contribution in [-0.4, -0.2) is 39.7 Å². The largest absolute Gasteiger partial charge is 0.495 e. The van der Waals surface area contributed by atoms with Crippen molar-refractivity contribution >= 4 is 17.3 Å². The number of nitrogens with one attached hydrogen (secondary N) is 1. The first-order valence-corrected chi connectivity index (χ1v) is 10.1. The van der Waals surface area contributed by atoms with E-state index in [9.17, 15) is 4.79 Å². The molecule has 2 heterocycles. The van der Waals surface area contributed by atoms with Gasteiger partial charge in [-0.05, 0) is 49.1 Å². The molecule has 148 valence electrons. The van der Waals surface area contributed by atoms with Gasteiger partial charge in [-0.15, -0.1) is 0 Å². The van der Waals surface area contributed by atoms with Crippen LogP contribution in [0.25, 0.3) is 0 Å². The Kier molecular flexibility index (Phi) is 5.27. The van der Waals surface area contributed by atoms with Crippen molar-refractivity contribution in [3.63, 3.8) is 0 Å². The van der Waals surface area contributed by atoms with Crippen molar-refractivity contribution in [3.8, 4) is 5.75 Å². The number of methoxy groups -OCH3 is 1. The molecule has 0 aromatic heterocycles. The van der Waals surface area contributed by atoms with E-state index in [1.165, 1.54) is 11.1 Å². The summed E-state index contributed by atoms with van der Waals surface area (Å²) in [6.45, 7) is 1.03. The standard InChI is InChI=1S/C23H29N3O2/c1-25(18-10-7-13-24-23(18)16-8-5-4-6-9-16)20-15-19-17(14-21(20)28-3)11-12-22(27)26(19)2/h4-6,8-9,14-15,18,23-24H,7,10-13H2,1-3H3/t18-,23-/m0/s1. The van der Waals surface area contributed by atoms with Crippen LogP contribution >= 0.6 is 0 Å². The van der Waals surface area contributed by atoms with Crippen LogP contribution in [0.3, 0.4) is 0 Å². The van der Waals surface area contributed by atoms with Crippen LogP contribution in [0.15, 0.2) is 42.5 Å². The zero-order chi connectivity index (χ0) is 19.7. The highest BCUT2D eigenvalue weighted by Gasteiger charge is 2.32.